The molecule has 0 spiro atoms. The van der Waals surface area contributed by atoms with Gasteiger partial charge in [0.2, 0.25) is 5.95 Å². The van der Waals surface area contributed by atoms with Crippen molar-refractivity contribution in [3.63, 3.8) is 0 Å². The number of aryl methyl sites for hydroxylation is 1. The van der Waals surface area contributed by atoms with Gasteiger partial charge in [-0.15, -0.1) is 0 Å². The molecule has 1 saturated carbocycles. The number of anilines is 2. The Morgan fingerprint density at radius 2 is 1.68 bits per heavy atom. The zero-order valence-corrected chi connectivity index (χ0v) is 20.0. The molecule has 8 nitrogen and oxygen atoms in total. The van der Waals surface area contributed by atoms with Crippen molar-refractivity contribution in [2.24, 2.45) is 0 Å². The molecule has 34 heavy (non-hydrogen) atoms. The monoisotopic (exact) mass is 462 g/mol. The normalized spacial score (nSPS) is 18.1. The van der Waals surface area contributed by atoms with Gasteiger partial charge in [-0.2, -0.15) is 4.98 Å². The Bertz CT molecular complexity index is 1090. The van der Waals surface area contributed by atoms with Crippen molar-refractivity contribution < 1.29 is 4.92 Å². The minimum absolute atomic E-state index is 0.154. The highest BCUT2D eigenvalue weighted by molar-refractivity contribution is 5.90. The molecule has 1 aliphatic rings. The summed E-state index contributed by atoms with van der Waals surface area (Å²) in [6, 6.07) is 16.0. The van der Waals surface area contributed by atoms with Crippen LogP contribution in [-0.2, 0) is 6.42 Å². The molecular formula is C26H34N6O2. The van der Waals surface area contributed by atoms with Crippen molar-refractivity contribution in [1.82, 2.24) is 15.3 Å². The molecule has 0 radical (unpaired) electrons. The highest BCUT2D eigenvalue weighted by Gasteiger charge is 2.22. The Morgan fingerprint density at radius 1 is 0.971 bits per heavy atom. The summed E-state index contributed by atoms with van der Waals surface area (Å²) in [5.74, 6) is 1.65. The van der Waals surface area contributed by atoms with Crippen molar-refractivity contribution in [1.29, 1.82) is 0 Å². The van der Waals surface area contributed by atoms with Gasteiger partial charge in [0.1, 0.15) is 5.82 Å². The van der Waals surface area contributed by atoms with Crippen molar-refractivity contribution in [2.75, 3.05) is 30.9 Å². The summed E-state index contributed by atoms with van der Waals surface area (Å²) < 4.78 is 0. The molecule has 0 aliphatic heterocycles. The first kappa shape index (κ1) is 23.9. The fraction of sp³-hybridized carbons (Fsp3) is 0.462. The second-order valence-electron chi connectivity index (χ2n) is 9.31. The van der Waals surface area contributed by atoms with Crippen molar-refractivity contribution >= 4 is 28.4 Å². The molecule has 2 N–H and O–H groups in total. The lowest BCUT2D eigenvalue weighted by atomic mass is 9.91. The number of aromatic nitrogens is 2. The summed E-state index contributed by atoms with van der Waals surface area (Å²) in [6.45, 7) is 1.01. The van der Waals surface area contributed by atoms with E-state index in [4.69, 9.17) is 9.97 Å². The lowest BCUT2D eigenvalue weighted by Crippen LogP contribution is -2.37. The number of nitro groups is 1. The molecular weight excluding hydrogens is 428 g/mol. The standard InChI is InChI=1S/C26H34N6O2/c1-31(2)25-23-8-3-4-9-24(23)29-26(30-25)28-21-14-12-20(13-15-21)27-18-6-5-7-19-10-16-22(17-11-19)32(33)34/h3-4,8-11,16-17,20-21,27H,5-7,12-15,18H2,1-2H3,(H,28,29,30). The second kappa shape index (κ2) is 11.2. The zero-order valence-electron chi connectivity index (χ0n) is 20.0. The van der Waals surface area contributed by atoms with E-state index in [1.165, 1.54) is 0 Å². The fourth-order valence-electron chi connectivity index (χ4n) is 4.63. The minimum atomic E-state index is -0.353. The lowest BCUT2D eigenvalue weighted by Gasteiger charge is -2.30. The molecule has 1 aliphatic carbocycles. The third kappa shape index (κ3) is 6.20. The van der Waals surface area contributed by atoms with E-state index >= 15 is 0 Å². The van der Waals surface area contributed by atoms with Gasteiger partial charge in [0.15, 0.2) is 0 Å². The van der Waals surface area contributed by atoms with Gasteiger partial charge in [-0.1, -0.05) is 24.3 Å². The summed E-state index contributed by atoms with van der Waals surface area (Å²) in [6.07, 6.45) is 7.64. The molecule has 0 unspecified atom stereocenters. The van der Waals surface area contributed by atoms with E-state index in [0.29, 0.717) is 18.0 Å². The molecule has 1 heterocycles. The van der Waals surface area contributed by atoms with Crippen LogP contribution in [0.4, 0.5) is 17.5 Å². The maximum atomic E-state index is 10.7. The van der Waals surface area contributed by atoms with Crippen LogP contribution in [0.5, 0.6) is 0 Å². The first-order valence-corrected chi connectivity index (χ1v) is 12.2. The molecule has 0 atom stereocenters. The van der Waals surface area contributed by atoms with Gasteiger partial charge in [-0.3, -0.25) is 10.1 Å². The number of non-ortho nitro benzene ring substituents is 1. The number of unbranched alkanes of at least 4 members (excludes halogenated alkanes) is 1. The van der Waals surface area contributed by atoms with Gasteiger partial charge in [0.05, 0.1) is 10.4 Å². The summed E-state index contributed by atoms with van der Waals surface area (Å²) in [5, 5.41) is 19.1. The Hall–Kier alpha value is -3.26. The van der Waals surface area contributed by atoms with E-state index < -0.39 is 0 Å². The molecule has 3 aromatic rings. The Balaban J connectivity index is 1.18. The molecule has 1 aromatic heterocycles. The fourth-order valence-corrected chi connectivity index (χ4v) is 4.63. The lowest BCUT2D eigenvalue weighted by molar-refractivity contribution is -0.384. The number of hydrogen-bond acceptors (Lipinski definition) is 7. The van der Waals surface area contributed by atoms with Crippen LogP contribution in [-0.4, -0.2) is 47.6 Å². The zero-order chi connectivity index (χ0) is 23.9. The van der Waals surface area contributed by atoms with Crippen molar-refractivity contribution in [3.05, 3.63) is 64.2 Å². The number of para-hydroxylation sites is 1. The molecule has 180 valence electrons. The quantitative estimate of drug-likeness (QED) is 0.250. The molecule has 2 aromatic carbocycles. The van der Waals surface area contributed by atoms with Gasteiger partial charge in [0.25, 0.3) is 5.69 Å². The predicted molar refractivity (Wildman–Crippen MR) is 138 cm³/mol. The molecule has 0 bridgehead atoms. The molecule has 4 rings (SSSR count). The van der Waals surface area contributed by atoms with E-state index in [-0.39, 0.29) is 10.6 Å². The van der Waals surface area contributed by atoms with Crippen molar-refractivity contribution in [2.45, 2.75) is 57.0 Å². The van der Waals surface area contributed by atoms with E-state index in [1.54, 1.807) is 12.1 Å². The third-order valence-electron chi connectivity index (χ3n) is 6.54. The van der Waals surface area contributed by atoms with Crippen LogP contribution in [0.2, 0.25) is 0 Å². The average Bonchev–Trinajstić information content (AvgIpc) is 2.84. The Kier molecular flexibility index (Phi) is 7.90. The highest BCUT2D eigenvalue weighted by Crippen LogP contribution is 2.26. The Labute approximate surface area is 200 Å². The van der Waals surface area contributed by atoms with E-state index in [2.05, 4.69) is 16.7 Å². The SMILES string of the molecule is CN(C)c1nc(NC2CCC(NCCCCc3ccc([N+](=O)[O-])cc3)CC2)nc2ccccc12. The van der Waals surface area contributed by atoms with Gasteiger partial charge in [-0.05, 0) is 69.2 Å². The van der Waals surface area contributed by atoms with Gasteiger partial charge in [0, 0.05) is 43.7 Å². The van der Waals surface area contributed by atoms with Crippen molar-refractivity contribution in [3.8, 4) is 0 Å². The van der Waals surface area contributed by atoms with Crippen LogP contribution in [0.3, 0.4) is 0 Å². The topological polar surface area (TPSA) is 96.2 Å². The number of nitro benzene ring substituents is 1. The van der Waals surface area contributed by atoms with Crippen LogP contribution in [0.1, 0.15) is 44.1 Å². The highest BCUT2D eigenvalue weighted by atomic mass is 16.6. The number of rotatable bonds is 10. The smallest absolute Gasteiger partial charge is 0.269 e. The van der Waals surface area contributed by atoms with Gasteiger partial charge >= 0.3 is 0 Å². The van der Waals surface area contributed by atoms with Crippen LogP contribution in [0.25, 0.3) is 10.9 Å². The Morgan fingerprint density at radius 3 is 2.38 bits per heavy atom. The van der Waals surface area contributed by atoms with Gasteiger partial charge in [-0.25, -0.2) is 4.98 Å². The van der Waals surface area contributed by atoms with Gasteiger partial charge < -0.3 is 15.5 Å². The molecule has 8 heteroatoms. The van der Waals surface area contributed by atoms with E-state index in [0.717, 1.165) is 73.8 Å². The molecule has 0 amide bonds. The first-order chi connectivity index (χ1) is 16.5. The maximum Gasteiger partial charge on any atom is 0.269 e. The van der Waals surface area contributed by atoms with E-state index in [9.17, 15) is 10.1 Å². The number of hydrogen-bond donors (Lipinski definition) is 2. The van der Waals surface area contributed by atoms with Crippen LogP contribution in [0, 0.1) is 10.1 Å². The maximum absolute atomic E-state index is 10.7. The average molecular weight is 463 g/mol. The first-order valence-electron chi connectivity index (χ1n) is 12.2. The number of fused-ring (bicyclic) bond motifs is 1. The number of nitrogens with one attached hydrogen (secondary N) is 2. The minimum Gasteiger partial charge on any atom is -0.362 e. The summed E-state index contributed by atoms with van der Waals surface area (Å²) >= 11 is 0. The van der Waals surface area contributed by atoms with Crippen LogP contribution < -0.4 is 15.5 Å². The largest absolute Gasteiger partial charge is 0.362 e. The summed E-state index contributed by atoms with van der Waals surface area (Å²) in [4.78, 5) is 21.9. The summed E-state index contributed by atoms with van der Waals surface area (Å²) in [5.41, 5.74) is 2.28. The predicted octanol–water partition coefficient (Wildman–Crippen LogP) is 4.94. The second-order valence-corrected chi connectivity index (χ2v) is 9.31. The molecule has 0 saturated heterocycles. The van der Waals surface area contributed by atoms with Crippen LogP contribution >= 0.6 is 0 Å². The number of benzene rings is 2. The molecule has 1 fully saturated rings. The number of nitrogens with zero attached hydrogens (tertiary/aromatic N) is 4. The van der Waals surface area contributed by atoms with Crippen LogP contribution in [0.15, 0.2) is 48.5 Å². The van der Waals surface area contributed by atoms with E-state index in [1.807, 2.05) is 49.3 Å². The third-order valence-corrected chi connectivity index (χ3v) is 6.54. The summed E-state index contributed by atoms with van der Waals surface area (Å²) in [7, 11) is 4.03.